The quantitative estimate of drug-likeness (QED) is 0.410. The van der Waals surface area contributed by atoms with Crippen LogP contribution in [-0.2, 0) is 9.53 Å². The van der Waals surface area contributed by atoms with Crippen LogP contribution in [0.1, 0.15) is 28.8 Å². The van der Waals surface area contributed by atoms with Gasteiger partial charge >= 0.3 is 0 Å². The summed E-state index contributed by atoms with van der Waals surface area (Å²) in [5.41, 5.74) is 3.37. The molecule has 3 aromatic rings. The van der Waals surface area contributed by atoms with Crippen LogP contribution in [0.3, 0.4) is 0 Å². The zero-order valence-corrected chi connectivity index (χ0v) is 23.4. The summed E-state index contributed by atoms with van der Waals surface area (Å²) >= 11 is 12.3. The van der Waals surface area contributed by atoms with Gasteiger partial charge in [-0.3, -0.25) is 9.59 Å². The lowest BCUT2D eigenvalue weighted by atomic mass is 10.1. The Bertz CT molecular complexity index is 1310. The maximum atomic E-state index is 13.4. The highest BCUT2D eigenvalue weighted by Crippen LogP contribution is 2.24. The van der Waals surface area contributed by atoms with Gasteiger partial charge in [0, 0.05) is 49.9 Å². The monoisotopic (exact) mass is 567 g/mol. The molecule has 2 fully saturated rings. The molecule has 0 bridgehead atoms. The van der Waals surface area contributed by atoms with Crippen molar-refractivity contribution in [3.8, 4) is 11.3 Å². The molecule has 8 nitrogen and oxygen atoms in total. The number of ether oxygens (including phenoxy) is 1. The molecule has 0 unspecified atom stereocenters. The number of hydrogen-bond donors (Lipinski definition) is 0. The average Bonchev–Trinajstić information content (AvgIpc) is 3.46. The van der Waals surface area contributed by atoms with Crippen molar-refractivity contribution < 1.29 is 14.3 Å². The Morgan fingerprint density at radius 2 is 1.77 bits per heavy atom. The van der Waals surface area contributed by atoms with Crippen LogP contribution in [0.25, 0.3) is 11.3 Å². The van der Waals surface area contributed by atoms with Gasteiger partial charge in [0.2, 0.25) is 5.91 Å². The fourth-order valence-corrected chi connectivity index (χ4v) is 5.40. The van der Waals surface area contributed by atoms with Crippen LogP contribution in [0.2, 0.25) is 10.0 Å². The van der Waals surface area contributed by atoms with Crippen molar-refractivity contribution in [1.82, 2.24) is 20.0 Å². The van der Waals surface area contributed by atoms with Crippen molar-refractivity contribution in [2.24, 2.45) is 0 Å². The molecular formula is C29H31Cl2N5O3. The van der Waals surface area contributed by atoms with Crippen LogP contribution >= 0.6 is 23.2 Å². The first-order valence-electron chi connectivity index (χ1n) is 13.2. The molecule has 39 heavy (non-hydrogen) atoms. The molecule has 204 valence electrons. The molecule has 1 aromatic heterocycles. The van der Waals surface area contributed by atoms with E-state index in [-0.39, 0.29) is 29.5 Å². The lowest BCUT2D eigenvalue weighted by molar-refractivity contribution is -0.132. The molecule has 0 radical (unpaired) electrons. The van der Waals surface area contributed by atoms with E-state index < -0.39 is 0 Å². The van der Waals surface area contributed by atoms with Gasteiger partial charge in [0.1, 0.15) is 6.54 Å². The second kappa shape index (κ2) is 12.3. The van der Waals surface area contributed by atoms with E-state index in [0.29, 0.717) is 49.9 Å². The van der Waals surface area contributed by atoms with Crippen LogP contribution in [0.4, 0.5) is 5.82 Å². The summed E-state index contributed by atoms with van der Waals surface area (Å²) in [6, 6.07) is 16.9. The first-order chi connectivity index (χ1) is 18.9. The van der Waals surface area contributed by atoms with E-state index in [2.05, 4.69) is 34.2 Å². The van der Waals surface area contributed by atoms with Gasteiger partial charge in [-0.2, -0.15) is 0 Å². The van der Waals surface area contributed by atoms with E-state index in [1.165, 1.54) is 11.6 Å². The summed E-state index contributed by atoms with van der Waals surface area (Å²) in [6.07, 6.45) is 1.71. The molecule has 0 spiro atoms. The predicted molar refractivity (Wildman–Crippen MR) is 152 cm³/mol. The minimum atomic E-state index is -0.303. The number of hydrogen-bond acceptors (Lipinski definition) is 6. The van der Waals surface area contributed by atoms with Crippen molar-refractivity contribution in [2.75, 3.05) is 50.8 Å². The average molecular weight is 569 g/mol. The number of aromatic nitrogens is 2. The van der Waals surface area contributed by atoms with Gasteiger partial charge in [-0.05, 0) is 50.1 Å². The zero-order valence-electron chi connectivity index (χ0n) is 21.9. The summed E-state index contributed by atoms with van der Waals surface area (Å²) in [5.74, 6) is 0.375. The van der Waals surface area contributed by atoms with E-state index in [9.17, 15) is 9.59 Å². The van der Waals surface area contributed by atoms with Crippen molar-refractivity contribution in [3.63, 3.8) is 0 Å². The first kappa shape index (κ1) is 27.4. The van der Waals surface area contributed by atoms with Gasteiger partial charge < -0.3 is 19.4 Å². The van der Waals surface area contributed by atoms with E-state index >= 15 is 0 Å². The number of nitrogens with zero attached hydrogens (tertiary/aromatic N) is 5. The normalized spacial score (nSPS) is 17.4. The molecule has 0 saturated carbocycles. The molecule has 3 heterocycles. The van der Waals surface area contributed by atoms with Crippen molar-refractivity contribution in [1.29, 1.82) is 0 Å². The fraction of sp³-hybridized carbons (Fsp3) is 0.379. The van der Waals surface area contributed by atoms with E-state index in [1.807, 2.05) is 24.3 Å². The Balaban J connectivity index is 1.21. The summed E-state index contributed by atoms with van der Waals surface area (Å²) in [7, 11) is 0. The number of carbonyl (C=O) groups is 2. The minimum absolute atomic E-state index is 0.0390. The summed E-state index contributed by atoms with van der Waals surface area (Å²) in [5, 5.41) is 9.56. The number of halogens is 2. The molecule has 2 saturated heterocycles. The number of carbonyl (C=O) groups excluding carboxylic acids is 2. The van der Waals surface area contributed by atoms with Crippen LogP contribution in [0.5, 0.6) is 0 Å². The highest BCUT2D eigenvalue weighted by atomic mass is 35.5. The van der Waals surface area contributed by atoms with Crippen LogP contribution in [0.15, 0.2) is 54.6 Å². The molecule has 5 rings (SSSR count). The van der Waals surface area contributed by atoms with Crippen LogP contribution in [0, 0.1) is 6.92 Å². The Labute approximate surface area is 238 Å². The summed E-state index contributed by atoms with van der Waals surface area (Å²) in [6.45, 7) is 5.35. The van der Waals surface area contributed by atoms with Gasteiger partial charge in [-0.25, -0.2) is 0 Å². The first-order valence-corrected chi connectivity index (χ1v) is 13.9. The number of piperazine rings is 1. The minimum Gasteiger partial charge on any atom is -0.376 e. The van der Waals surface area contributed by atoms with Crippen molar-refractivity contribution in [2.45, 2.75) is 25.9 Å². The topological polar surface area (TPSA) is 78.9 Å². The van der Waals surface area contributed by atoms with Gasteiger partial charge in [0.05, 0.1) is 22.4 Å². The third-order valence-electron chi connectivity index (χ3n) is 7.18. The standard InChI is InChI=1S/C29H31Cl2N5O3/c1-20-4-6-21(7-5-20)26-10-11-27(33-32-26)34-12-14-35(15-13-34)28(37)19-36(18-23-3-2-16-39-23)29(38)24-9-8-22(30)17-25(24)31/h4-11,17,23H,2-3,12-16,18-19H2,1H3/t23-/m0/s1. The maximum Gasteiger partial charge on any atom is 0.255 e. The predicted octanol–water partition coefficient (Wildman–Crippen LogP) is 4.73. The largest absolute Gasteiger partial charge is 0.376 e. The lowest BCUT2D eigenvalue weighted by Crippen LogP contribution is -2.52. The van der Waals surface area contributed by atoms with Gasteiger partial charge in [0.15, 0.2) is 5.82 Å². The highest BCUT2D eigenvalue weighted by molar-refractivity contribution is 6.36. The zero-order chi connectivity index (χ0) is 27.4. The number of amides is 2. The molecular weight excluding hydrogens is 537 g/mol. The Hall–Kier alpha value is -3.20. The number of rotatable bonds is 7. The summed E-state index contributed by atoms with van der Waals surface area (Å²) in [4.78, 5) is 32.2. The molecule has 2 aromatic carbocycles. The van der Waals surface area contributed by atoms with Gasteiger partial charge in [-0.15, -0.1) is 10.2 Å². The highest BCUT2D eigenvalue weighted by Gasteiger charge is 2.29. The third kappa shape index (κ3) is 6.69. The van der Waals surface area contributed by atoms with Gasteiger partial charge in [-0.1, -0.05) is 53.0 Å². The van der Waals surface area contributed by atoms with E-state index in [0.717, 1.165) is 29.9 Å². The SMILES string of the molecule is Cc1ccc(-c2ccc(N3CCN(C(=O)CN(C[C@@H]4CCCO4)C(=O)c4ccc(Cl)cc4Cl)CC3)nn2)cc1. The third-order valence-corrected chi connectivity index (χ3v) is 7.72. The molecule has 0 N–H and O–H groups in total. The number of benzene rings is 2. The molecule has 2 aliphatic heterocycles. The van der Waals surface area contributed by atoms with E-state index in [1.54, 1.807) is 21.9 Å². The van der Waals surface area contributed by atoms with Gasteiger partial charge in [0.25, 0.3) is 5.91 Å². The second-order valence-corrected chi connectivity index (χ2v) is 10.8. The molecule has 1 atom stereocenters. The molecule has 10 heteroatoms. The number of anilines is 1. The summed E-state index contributed by atoms with van der Waals surface area (Å²) < 4.78 is 5.76. The second-order valence-electron chi connectivity index (χ2n) is 9.96. The maximum absolute atomic E-state index is 13.4. The fourth-order valence-electron chi connectivity index (χ4n) is 4.91. The number of aryl methyl sites for hydroxylation is 1. The Kier molecular flexibility index (Phi) is 8.65. The smallest absolute Gasteiger partial charge is 0.255 e. The van der Waals surface area contributed by atoms with E-state index in [4.69, 9.17) is 27.9 Å². The molecule has 2 aliphatic rings. The van der Waals surface area contributed by atoms with Crippen molar-refractivity contribution >= 4 is 40.8 Å². The molecule has 0 aliphatic carbocycles. The Morgan fingerprint density at radius 3 is 2.41 bits per heavy atom. The molecule has 2 amide bonds. The van der Waals surface area contributed by atoms with Crippen LogP contribution in [-0.4, -0.2) is 83.8 Å². The lowest BCUT2D eigenvalue weighted by Gasteiger charge is -2.36. The van der Waals surface area contributed by atoms with Crippen molar-refractivity contribution in [3.05, 3.63) is 75.8 Å². The Morgan fingerprint density at radius 1 is 1.00 bits per heavy atom. The van der Waals surface area contributed by atoms with Crippen LogP contribution < -0.4 is 4.90 Å².